The largest absolute Gasteiger partial charge is 0.313 e. The molecule has 0 spiro atoms. The van der Waals surface area contributed by atoms with E-state index in [1.807, 2.05) is 11.8 Å². The van der Waals surface area contributed by atoms with Crippen molar-refractivity contribution >= 4 is 11.8 Å². The minimum Gasteiger partial charge on any atom is -0.313 e. The standard InChI is InChI=1S/C15H25NS/c1-3-5-7-10-14(16-4-2)13-17-15-11-8-6-9-12-15/h6,8-9,11-12,14,16H,3-5,7,10,13H2,1-2H3. The molecular formula is C15H25NS. The fourth-order valence-corrected chi connectivity index (χ4v) is 2.92. The summed E-state index contributed by atoms with van der Waals surface area (Å²) in [5.41, 5.74) is 0. The number of nitrogens with one attached hydrogen (secondary N) is 1. The van der Waals surface area contributed by atoms with Crippen LogP contribution in [0.4, 0.5) is 0 Å². The molecule has 0 amide bonds. The van der Waals surface area contributed by atoms with Gasteiger partial charge in [0.2, 0.25) is 0 Å². The third kappa shape index (κ3) is 6.75. The smallest absolute Gasteiger partial charge is 0.0161 e. The Bertz CT molecular complexity index is 274. The zero-order valence-electron chi connectivity index (χ0n) is 11.1. The van der Waals surface area contributed by atoms with Gasteiger partial charge in [-0.25, -0.2) is 0 Å². The van der Waals surface area contributed by atoms with Crippen LogP contribution in [0.5, 0.6) is 0 Å². The zero-order chi connectivity index (χ0) is 12.3. The van der Waals surface area contributed by atoms with Crippen molar-refractivity contribution in [3.05, 3.63) is 30.3 Å². The summed E-state index contributed by atoms with van der Waals surface area (Å²) in [5, 5.41) is 3.59. The molecule has 0 aliphatic rings. The lowest BCUT2D eigenvalue weighted by Gasteiger charge is -2.17. The van der Waals surface area contributed by atoms with Crippen molar-refractivity contribution in [2.45, 2.75) is 50.5 Å². The van der Waals surface area contributed by atoms with Gasteiger partial charge < -0.3 is 5.32 Å². The molecule has 1 rings (SSSR count). The molecule has 1 N–H and O–H groups in total. The molecule has 0 heterocycles. The quantitative estimate of drug-likeness (QED) is 0.517. The highest BCUT2D eigenvalue weighted by atomic mass is 32.2. The summed E-state index contributed by atoms with van der Waals surface area (Å²) in [7, 11) is 0. The van der Waals surface area contributed by atoms with E-state index in [9.17, 15) is 0 Å². The maximum absolute atomic E-state index is 3.59. The van der Waals surface area contributed by atoms with E-state index in [0.29, 0.717) is 6.04 Å². The first-order valence-corrected chi connectivity index (χ1v) is 7.76. The fraction of sp³-hybridized carbons (Fsp3) is 0.600. The molecule has 0 radical (unpaired) electrons. The van der Waals surface area contributed by atoms with Crippen LogP contribution in [0, 0.1) is 0 Å². The van der Waals surface area contributed by atoms with Crippen LogP contribution in [0.1, 0.15) is 39.5 Å². The van der Waals surface area contributed by atoms with Gasteiger partial charge in [0.05, 0.1) is 0 Å². The van der Waals surface area contributed by atoms with E-state index in [4.69, 9.17) is 0 Å². The number of benzene rings is 1. The Hall–Kier alpha value is -0.470. The van der Waals surface area contributed by atoms with Gasteiger partial charge in [-0.15, -0.1) is 11.8 Å². The summed E-state index contributed by atoms with van der Waals surface area (Å²) in [4.78, 5) is 1.38. The number of hydrogen-bond donors (Lipinski definition) is 1. The van der Waals surface area contributed by atoms with E-state index < -0.39 is 0 Å². The topological polar surface area (TPSA) is 12.0 Å². The molecule has 1 unspecified atom stereocenters. The average molecular weight is 251 g/mol. The number of unbranched alkanes of at least 4 members (excludes halogenated alkanes) is 2. The monoisotopic (exact) mass is 251 g/mol. The SMILES string of the molecule is CCCCCC(CSc1ccccc1)NCC. The molecule has 1 nitrogen and oxygen atoms in total. The van der Waals surface area contributed by atoms with Crippen LogP contribution in [-0.2, 0) is 0 Å². The van der Waals surface area contributed by atoms with Gasteiger partial charge in [-0.05, 0) is 25.1 Å². The maximum atomic E-state index is 3.59. The highest BCUT2D eigenvalue weighted by Crippen LogP contribution is 2.19. The Kier molecular flexibility index (Phi) is 8.20. The normalized spacial score (nSPS) is 12.6. The summed E-state index contributed by atoms with van der Waals surface area (Å²) in [6.45, 7) is 5.53. The number of rotatable bonds is 9. The third-order valence-corrected chi connectivity index (χ3v) is 4.02. The summed E-state index contributed by atoms with van der Waals surface area (Å²) >= 11 is 1.96. The van der Waals surface area contributed by atoms with Crippen molar-refractivity contribution in [2.24, 2.45) is 0 Å². The predicted octanol–water partition coefficient (Wildman–Crippen LogP) is 4.34. The molecular weight excluding hydrogens is 226 g/mol. The number of hydrogen-bond acceptors (Lipinski definition) is 2. The van der Waals surface area contributed by atoms with E-state index in [1.54, 1.807) is 0 Å². The molecule has 0 saturated heterocycles. The average Bonchev–Trinajstić information content (AvgIpc) is 2.37. The molecule has 17 heavy (non-hydrogen) atoms. The van der Waals surface area contributed by atoms with Crippen LogP contribution in [0.15, 0.2) is 35.2 Å². The van der Waals surface area contributed by atoms with Crippen LogP contribution in [-0.4, -0.2) is 18.3 Å². The van der Waals surface area contributed by atoms with Crippen molar-refractivity contribution in [1.29, 1.82) is 0 Å². The minimum atomic E-state index is 0.664. The highest BCUT2D eigenvalue weighted by Gasteiger charge is 2.07. The van der Waals surface area contributed by atoms with Gasteiger partial charge in [0.25, 0.3) is 0 Å². The summed E-state index contributed by atoms with van der Waals surface area (Å²) in [6, 6.07) is 11.4. The van der Waals surface area contributed by atoms with E-state index in [-0.39, 0.29) is 0 Å². The lowest BCUT2D eigenvalue weighted by atomic mass is 10.1. The minimum absolute atomic E-state index is 0.664. The molecule has 1 aromatic carbocycles. The predicted molar refractivity (Wildman–Crippen MR) is 78.8 cm³/mol. The third-order valence-electron chi connectivity index (χ3n) is 2.84. The van der Waals surface area contributed by atoms with Crippen LogP contribution >= 0.6 is 11.8 Å². The zero-order valence-corrected chi connectivity index (χ0v) is 11.9. The fourth-order valence-electron chi connectivity index (χ4n) is 1.89. The van der Waals surface area contributed by atoms with E-state index in [1.165, 1.54) is 36.3 Å². The molecule has 2 heteroatoms. The summed E-state index contributed by atoms with van der Waals surface area (Å²) < 4.78 is 0. The molecule has 96 valence electrons. The van der Waals surface area contributed by atoms with E-state index in [0.717, 1.165) is 6.54 Å². The van der Waals surface area contributed by atoms with Crippen LogP contribution in [0.3, 0.4) is 0 Å². The molecule has 0 aliphatic heterocycles. The Labute approximate surface area is 110 Å². The Morgan fingerprint density at radius 3 is 2.53 bits per heavy atom. The summed E-state index contributed by atoms with van der Waals surface area (Å²) in [6.07, 6.45) is 5.33. The summed E-state index contributed by atoms with van der Waals surface area (Å²) in [5.74, 6) is 1.18. The first-order valence-electron chi connectivity index (χ1n) is 6.78. The maximum Gasteiger partial charge on any atom is 0.0161 e. The lowest BCUT2D eigenvalue weighted by molar-refractivity contribution is 0.506. The van der Waals surface area contributed by atoms with Gasteiger partial charge in [0.1, 0.15) is 0 Å². The van der Waals surface area contributed by atoms with Crippen LogP contribution < -0.4 is 5.32 Å². The second kappa shape index (κ2) is 9.55. The molecule has 0 aromatic heterocycles. The van der Waals surface area contributed by atoms with Crippen molar-refractivity contribution in [1.82, 2.24) is 5.32 Å². The first kappa shape index (κ1) is 14.6. The second-order valence-electron chi connectivity index (χ2n) is 4.37. The number of thioether (sulfide) groups is 1. The van der Waals surface area contributed by atoms with Gasteiger partial charge in [0.15, 0.2) is 0 Å². The first-order chi connectivity index (χ1) is 8.36. The molecule has 0 fully saturated rings. The van der Waals surface area contributed by atoms with E-state index >= 15 is 0 Å². The Morgan fingerprint density at radius 2 is 1.88 bits per heavy atom. The van der Waals surface area contributed by atoms with Crippen molar-refractivity contribution < 1.29 is 0 Å². The lowest BCUT2D eigenvalue weighted by Crippen LogP contribution is -2.31. The van der Waals surface area contributed by atoms with Crippen molar-refractivity contribution in [3.8, 4) is 0 Å². The second-order valence-corrected chi connectivity index (χ2v) is 5.47. The molecule has 1 aromatic rings. The molecule has 0 aliphatic carbocycles. The molecule has 0 bridgehead atoms. The van der Waals surface area contributed by atoms with Gasteiger partial charge >= 0.3 is 0 Å². The van der Waals surface area contributed by atoms with Gasteiger partial charge in [-0.3, -0.25) is 0 Å². The molecule has 1 atom stereocenters. The van der Waals surface area contributed by atoms with Gasteiger partial charge in [-0.2, -0.15) is 0 Å². The Morgan fingerprint density at radius 1 is 1.12 bits per heavy atom. The highest BCUT2D eigenvalue weighted by molar-refractivity contribution is 7.99. The van der Waals surface area contributed by atoms with Crippen LogP contribution in [0.2, 0.25) is 0 Å². The van der Waals surface area contributed by atoms with Gasteiger partial charge in [-0.1, -0.05) is 51.3 Å². The van der Waals surface area contributed by atoms with Crippen molar-refractivity contribution in [2.75, 3.05) is 12.3 Å². The van der Waals surface area contributed by atoms with Crippen molar-refractivity contribution in [3.63, 3.8) is 0 Å². The van der Waals surface area contributed by atoms with E-state index in [2.05, 4.69) is 49.5 Å². The Balaban J connectivity index is 2.28. The molecule has 0 saturated carbocycles. The van der Waals surface area contributed by atoms with Crippen LogP contribution in [0.25, 0.3) is 0 Å². The van der Waals surface area contributed by atoms with Gasteiger partial charge in [0, 0.05) is 16.7 Å².